The van der Waals surface area contributed by atoms with E-state index in [4.69, 9.17) is 4.42 Å². The van der Waals surface area contributed by atoms with Crippen molar-refractivity contribution in [3.8, 4) is 22.3 Å². The molecule has 0 aliphatic rings. The molecule has 0 fully saturated rings. The number of furan rings is 1. The van der Waals surface area contributed by atoms with Crippen LogP contribution in [0.15, 0.2) is 124 Å². The molecule has 1 nitrogen and oxygen atoms in total. The Labute approximate surface area is 205 Å². The molecule has 0 aliphatic carbocycles. The molecule has 0 saturated carbocycles. The van der Waals surface area contributed by atoms with E-state index in [9.17, 15) is 0 Å². The second-order valence-corrected chi connectivity index (χ2v) is 9.43. The normalized spacial score (nSPS) is 11.7. The van der Waals surface area contributed by atoms with Gasteiger partial charge in [-0.15, -0.1) is 0 Å². The summed E-state index contributed by atoms with van der Waals surface area (Å²) in [6.07, 6.45) is 0. The molecular weight excluding hydrogens is 480 g/mol. The number of fused-ring (bicyclic) bond motifs is 5. The number of rotatable bonds is 2. The smallest absolute Gasteiger partial charge is 0.136 e. The lowest BCUT2D eigenvalue weighted by molar-refractivity contribution is 0.669. The van der Waals surface area contributed by atoms with Gasteiger partial charge in [-0.25, -0.2) is 0 Å². The lowest BCUT2D eigenvalue weighted by atomic mass is 9.87. The highest BCUT2D eigenvalue weighted by molar-refractivity contribution is 9.10. The molecule has 0 atom stereocenters. The minimum atomic E-state index is 0.916. The van der Waals surface area contributed by atoms with E-state index in [2.05, 4.69) is 119 Å². The first-order valence-corrected chi connectivity index (χ1v) is 12.2. The van der Waals surface area contributed by atoms with E-state index in [0.717, 1.165) is 32.0 Å². The highest BCUT2D eigenvalue weighted by atomic mass is 79.9. The first-order valence-electron chi connectivity index (χ1n) is 11.4. The number of para-hydroxylation sites is 1. The zero-order valence-corrected chi connectivity index (χ0v) is 19.8. The second-order valence-electron chi connectivity index (χ2n) is 8.63. The molecule has 0 saturated heterocycles. The molecule has 0 aliphatic heterocycles. The van der Waals surface area contributed by atoms with Gasteiger partial charge in [0.05, 0.1) is 0 Å². The SMILES string of the molecule is Brc1c2ccccc2c(-c2ccccc2-c2ccc3c(c2)oc2ccccc23)c2ccccc12. The van der Waals surface area contributed by atoms with Crippen molar-refractivity contribution in [1.29, 1.82) is 0 Å². The van der Waals surface area contributed by atoms with Crippen LogP contribution in [0.2, 0.25) is 0 Å². The van der Waals surface area contributed by atoms with Crippen LogP contribution in [0.3, 0.4) is 0 Å². The minimum absolute atomic E-state index is 0.916. The van der Waals surface area contributed by atoms with Crippen molar-refractivity contribution in [2.75, 3.05) is 0 Å². The first-order chi connectivity index (χ1) is 16.8. The van der Waals surface area contributed by atoms with E-state index < -0.39 is 0 Å². The summed E-state index contributed by atoms with van der Waals surface area (Å²) in [4.78, 5) is 0. The van der Waals surface area contributed by atoms with Gasteiger partial charge in [0.15, 0.2) is 0 Å². The summed E-state index contributed by atoms with van der Waals surface area (Å²) in [5, 5.41) is 7.23. The van der Waals surface area contributed by atoms with Gasteiger partial charge >= 0.3 is 0 Å². The molecule has 1 aromatic heterocycles. The fourth-order valence-electron chi connectivity index (χ4n) is 5.21. The molecule has 0 radical (unpaired) electrons. The molecule has 0 amide bonds. The summed E-state index contributed by atoms with van der Waals surface area (Å²) in [5.74, 6) is 0. The average Bonchev–Trinajstić information content (AvgIpc) is 3.27. The maximum atomic E-state index is 6.21. The van der Waals surface area contributed by atoms with Crippen LogP contribution in [0.4, 0.5) is 0 Å². The topological polar surface area (TPSA) is 13.1 Å². The average molecular weight is 499 g/mol. The van der Waals surface area contributed by atoms with Gasteiger partial charge in [-0.05, 0) is 77.9 Å². The summed E-state index contributed by atoms with van der Waals surface area (Å²) in [6.45, 7) is 0. The van der Waals surface area contributed by atoms with Gasteiger partial charge in [-0.2, -0.15) is 0 Å². The molecule has 160 valence electrons. The highest BCUT2D eigenvalue weighted by Gasteiger charge is 2.17. The molecule has 7 rings (SSSR count). The van der Waals surface area contributed by atoms with Gasteiger partial charge in [0.25, 0.3) is 0 Å². The van der Waals surface area contributed by atoms with Crippen LogP contribution in [0.5, 0.6) is 0 Å². The number of hydrogen-bond donors (Lipinski definition) is 0. The van der Waals surface area contributed by atoms with Crippen molar-refractivity contribution >= 4 is 59.4 Å². The molecule has 7 aromatic rings. The number of halogens is 1. The first kappa shape index (κ1) is 19.6. The summed E-state index contributed by atoms with van der Waals surface area (Å²) in [7, 11) is 0. The van der Waals surface area contributed by atoms with Crippen LogP contribution in [0.25, 0.3) is 65.7 Å². The van der Waals surface area contributed by atoms with Gasteiger partial charge in [-0.1, -0.05) is 97.1 Å². The van der Waals surface area contributed by atoms with Crippen LogP contribution in [-0.2, 0) is 0 Å². The second kappa shape index (κ2) is 7.58. The van der Waals surface area contributed by atoms with E-state index in [0.29, 0.717) is 0 Å². The summed E-state index contributed by atoms with van der Waals surface area (Å²) in [6, 6.07) is 40.8. The molecule has 0 bridgehead atoms. The summed E-state index contributed by atoms with van der Waals surface area (Å²) in [5.41, 5.74) is 6.67. The molecule has 6 aromatic carbocycles. The van der Waals surface area contributed by atoms with Gasteiger partial charge in [0.1, 0.15) is 11.2 Å². The summed E-state index contributed by atoms with van der Waals surface area (Å²) >= 11 is 3.88. The van der Waals surface area contributed by atoms with Gasteiger partial charge < -0.3 is 4.42 Å². The van der Waals surface area contributed by atoms with Crippen LogP contribution in [0, 0.1) is 0 Å². The third kappa shape index (κ3) is 2.85. The molecule has 0 spiro atoms. The Morgan fingerprint density at radius 3 is 1.68 bits per heavy atom. The quantitative estimate of drug-likeness (QED) is 0.216. The standard InChI is InChI=1S/C32H19BrO/c33-32-27-14-5-3-12-25(27)31(26-13-4-6-15-28(26)32)24-11-2-1-9-21(24)20-17-18-23-22-10-7-8-16-29(22)34-30(23)19-20/h1-19H. The van der Waals surface area contributed by atoms with E-state index >= 15 is 0 Å². The van der Waals surface area contributed by atoms with Crippen LogP contribution in [0.1, 0.15) is 0 Å². The van der Waals surface area contributed by atoms with Crippen molar-refractivity contribution < 1.29 is 4.42 Å². The van der Waals surface area contributed by atoms with Crippen LogP contribution < -0.4 is 0 Å². The molecule has 0 N–H and O–H groups in total. The zero-order chi connectivity index (χ0) is 22.6. The highest BCUT2D eigenvalue weighted by Crippen LogP contribution is 2.45. The Morgan fingerprint density at radius 1 is 0.441 bits per heavy atom. The number of benzene rings is 6. The van der Waals surface area contributed by atoms with Crippen LogP contribution in [-0.4, -0.2) is 0 Å². The minimum Gasteiger partial charge on any atom is -0.456 e. The Hall–Kier alpha value is -3.88. The van der Waals surface area contributed by atoms with Crippen molar-refractivity contribution in [3.63, 3.8) is 0 Å². The third-order valence-corrected chi connectivity index (χ3v) is 7.61. The Morgan fingerprint density at radius 2 is 0.971 bits per heavy atom. The lowest BCUT2D eigenvalue weighted by Gasteiger charge is -2.17. The Kier molecular flexibility index (Phi) is 4.36. The third-order valence-electron chi connectivity index (χ3n) is 6.75. The molecular formula is C32H19BrO. The van der Waals surface area contributed by atoms with E-state index in [1.165, 1.54) is 38.2 Å². The van der Waals surface area contributed by atoms with Crippen molar-refractivity contribution in [1.82, 2.24) is 0 Å². The van der Waals surface area contributed by atoms with Crippen LogP contribution >= 0.6 is 15.9 Å². The molecule has 34 heavy (non-hydrogen) atoms. The van der Waals surface area contributed by atoms with E-state index in [1.54, 1.807) is 0 Å². The van der Waals surface area contributed by atoms with Gasteiger partial charge in [-0.3, -0.25) is 0 Å². The van der Waals surface area contributed by atoms with Gasteiger partial charge in [0.2, 0.25) is 0 Å². The maximum Gasteiger partial charge on any atom is 0.136 e. The fraction of sp³-hybridized carbons (Fsp3) is 0. The fourth-order valence-corrected chi connectivity index (χ4v) is 5.90. The molecule has 0 unspecified atom stereocenters. The van der Waals surface area contributed by atoms with Crippen molar-refractivity contribution in [3.05, 3.63) is 120 Å². The summed E-state index contributed by atoms with van der Waals surface area (Å²) < 4.78 is 7.35. The van der Waals surface area contributed by atoms with E-state index in [1.807, 2.05) is 12.1 Å². The predicted molar refractivity (Wildman–Crippen MR) is 147 cm³/mol. The molecule has 1 heterocycles. The number of hydrogen-bond acceptors (Lipinski definition) is 1. The monoisotopic (exact) mass is 498 g/mol. The molecule has 2 heteroatoms. The maximum absolute atomic E-state index is 6.21. The lowest BCUT2D eigenvalue weighted by Crippen LogP contribution is -1.90. The van der Waals surface area contributed by atoms with Gasteiger partial charge in [0, 0.05) is 15.2 Å². The van der Waals surface area contributed by atoms with Crippen molar-refractivity contribution in [2.24, 2.45) is 0 Å². The predicted octanol–water partition coefficient (Wildman–Crippen LogP) is 9.99. The zero-order valence-electron chi connectivity index (χ0n) is 18.3. The van der Waals surface area contributed by atoms with E-state index in [-0.39, 0.29) is 0 Å². The largest absolute Gasteiger partial charge is 0.456 e. The van der Waals surface area contributed by atoms with Crippen molar-refractivity contribution in [2.45, 2.75) is 0 Å². The Balaban J connectivity index is 1.55. The Bertz CT molecular complexity index is 1820.